The van der Waals surface area contributed by atoms with Crippen LogP contribution in [0.25, 0.3) is 0 Å². The normalized spacial score (nSPS) is 9.05. The van der Waals surface area contributed by atoms with Crippen LogP contribution in [0.4, 0.5) is 0 Å². The van der Waals surface area contributed by atoms with Gasteiger partial charge >= 0.3 is 5.97 Å². The first-order valence-electron chi connectivity index (χ1n) is 6.30. The van der Waals surface area contributed by atoms with E-state index in [0.717, 1.165) is 5.56 Å². The number of hydrogen-bond acceptors (Lipinski definition) is 4. The van der Waals surface area contributed by atoms with Crippen LogP contribution in [0.1, 0.15) is 27.6 Å². The number of Topliss-reactive ketones (excluding diaryl/α,β-unsaturated/α-hetero) is 2. The summed E-state index contributed by atoms with van der Waals surface area (Å²) in [6.45, 7) is 1.56. The van der Waals surface area contributed by atoms with Crippen molar-refractivity contribution in [2.45, 2.75) is 6.92 Å². The van der Waals surface area contributed by atoms with E-state index in [1.807, 2.05) is 30.3 Å². The maximum Gasteiger partial charge on any atom is 0.379 e. The van der Waals surface area contributed by atoms with Gasteiger partial charge in [0.15, 0.2) is 5.78 Å². The Balaban J connectivity index is 0.000000219. The van der Waals surface area contributed by atoms with E-state index in [0.29, 0.717) is 5.56 Å². The standard InChI is InChI=1S/C9H8O3.C8H8O/c1-12-9(11)8(10)7-5-3-2-4-6-7;1-7(9)8-5-3-2-4-6-8/h2-6H,1H3;2-6H,1H3. The molecule has 2 aromatic carbocycles. The maximum atomic E-state index is 11.1. The summed E-state index contributed by atoms with van der Waals surface area (Å²) in [6.07, 6.45) is 0. The summed E-state index contributed by atoms with van der Waals surface area (Å²) in [5, 5.41) is 0. The molecule has 0 heterocycles. The number of carbonyl (C=O) groups excluding carboxylic acids is 3. The topological polar surface area (TPSA) is 60.4 Å². The Labute approximate surface area is 123 Å². The third-order valence-corrected chi connectivity index (χ3v) is 2.59. The van der Waals surface area contributed by atoms with E-state index >= 15 is 0 Å². The van der Waals surface area contributed by atoms with E-state index in [1.165, 1.54) is 7.11 Å². The fourth-order valence-electron chi connectivity index (χ4n) is 1.47. The molecule has 0 N–H and O–H groups in total. The van der Waals surface area contributed by atoms with Crippen LogP contribution < -0.4 is 0 Å². The van der Waals surface area contributed by atoms with Crippen molar-refractivity contribution < 1.29 is 19.1 Å². The average Bonchev–Trinajstić information content (AvgIpc) is 2.55. The van der Waals surface area contributed by atoms with Gasteiger partial charge in [-0.1, -0.05) is 60.7 Å². The van der Waals surface area contributed by atoms with Gasteiger partial charge in [-0.15, -0.1) is 0 Å². The largest absolute Gasteiger partial charge is 0.463 e. The minimum Gasteiger partial charge on any atom is -0.463 e. The van der Waals surface area contributed by atoms with Crippen molar-refractivity contribution in [2.24, 2.45) is 0 Å². The molecule has 0 spiro atoms. The van der Waals surface area contributed by atoms with Gasteiger partial charge in [-0.05, 0) is 6.92 Å². The van der Waals surface area contributed by atoms with Crippen LogP contribution in [-0.2, 0) is 9.53 Å². The van der Waals surface area contributed by atoms with Crippen molar-refractivity contribution in [1.29, 1.82) is 0 Å². The molecule has 2 aromatic rings. The molecule has 0 aromatic heterocycles. The number of ketones is 2. The third-order valence-electron chi connectivity index (χ3n) is 2.59. The van der Waals surface area contributed by atoms with E-state index < -0.39 is 11.8 Å². The Hall–Kier alpha value is -2.75. The monoisotopic (exact) mass is 284 g/mol. The van der Waals surface area contributed by atoms with Gasteiger partial charge in [0.1, 0.15) is 0 Å². The molecule has 0 amide bonds. The quantitative estimate of drug-likeness (QED) is 0.494. The number of ether oxygens (including phenoxy) is 1. The average molecular weight is 284 g/mol. The van der Waals surface area contributed by atoms with E-state index in [4.69, 9.17) is 0 Å². The molecule has 0 bridgehead atoms. The molecule has 0 saturated carbocycles. The van der Waals surface area contributed by atoms with E-state index in [2.05, 4.69) is 4.74 Å². The lowest BCUT2D eigenvalue weighted by Crippen LogP contribution is -2.15. The number of rotatable bonds is 3. The van der Waals surface area contributed by atoms with Crippen molar-refractivity contribution in [3.63, 3.8) is 0 Å². The number of benzene rings is 2. The minimum atomic E-state index is -0.832. The van der Waals surface area contributed by atoms with E-state index in [1.54, 1.807) is 37.3 Å². The Morgan fingerprint density at radius 3 is 1.52 bits per heavy atom. The molecular formula is C17H16O4. The van der Waals surface area contributed by atoms with Gasteiger partial charge in [0.05, 0.1) is 7.11 Å². The fourth-order valence-corrected chi connectivity index (χ4v) is 1.47. The first-order valence-corrected chi connectivity index (χ1v) is 6.30. The number of esters is 1. The molecule has 4 heteroatoms. The highest BCUT2D eigenvalue weighted by atomic mass is 16.5. The lowest BCUT2D eigenvalue weighted by molar-refractivity contribution is -0.135. The van der Waals surface area contributed by atoms with Crippen molar-refractivity contribution in [3.8, 4) is 0 Å². The van der Waals surface area contributed by atoms with Gasteiger partial charge < -0.3 is 4.74 Å². The molecule has 2 rings (SSSR count). The molecule has 4 nitrogen and oxygen atoms in total. The van der Waals surface area contributed by atoms with Crippen LogP contribution in [0.5, 0.6) is 0 Å². The predicted octanol–water partition coefficient (Wildman–Crippen LogP) is 2.93. The maximum absolute atomic E-state index is 11.1. The number of hydrogen-bond donors (Lipinski definition) is 0. The van der Waals surface area contributed by atoms with Crippen LogP contribution in [0.2, 0.25) is 0 Å². The van der Waals surface area contributed by atoms with Crippen LogP contribution in [0, 0.1) is 0 Å². The molecule has 0 atom stereocenters. The lowest BCUT2D eigenvalue weighted by Gasteiger charge is -1.96. The van der Waals surface area contributed by atoms with Crippen molar-refractivity contribution in [1.82, 2.24) is 0 Å². The van der Waals surface area contributed by atoms with Crippen LogP contribution in [0.3, 0.4) is 0 Å². The zero-order valence-corrected chi connectivity index (χ0v) is 11.9. The van der Waals surface area contributed by atoms with Gasteiger partial charge in [0.25, 0.3) is 5.78 Å². The summed E-state index contributed by atoms with van der Waals surface area (Å²) >= 11 is 0. The van der Waals surface area contributed by atoms with Crippen LogP contribution >= 0.6 is 0 Å². The summed E-state index contributed by atoms with van der Waals surface area (Å²) in [5.74, 6) is -1.32. The molecule has 0 fully saturated rings. The number of carbonyl (C=O) groups is 3. The fraction of sp³-hybridized carbons (Fsp3) is 0.118. The second kappa shape index (κ2) is 8.43. The Bertz CT molecular complexity index is 603. The molecule has 0 radical (unpaired) electrons. The SMILES string of the molecule is CC(=O)c1ccccc1.COC(=O)C(=O)c1ccccc1. The van der Waals surface area contributed by atoms with Gasteiger partial charge in [-0.25, -0.2) is 4.79 Å². The lowest BCUT2D eigenvalue weighted by atomic mass is 10.1. The van der Waals surface area contributed by atoms with E-state index in [-0.39, 0.29) is 5.78 Å². The van der Waals surface area contributed by atoms with Gasteiger partial charge in [-0.2, -0.15) is 0 Å². The summed E-state index contributed by atoms with van der Waals surface area (Å²) in [4.78, 5) is 32.5. The Morgan fingerprint density at radius 2 is 1.19 bits per heavy atom. The Kier molecular flexibility index (Phi) is 6.54. The summed E-state index contributed by atoms with van der Waals surface area (Å²) in [5.41, 5.74) is 1.13. The zero-order valence-electron chi connectivity index (χ0n) is 11.9. The summed E-state index contributed by atoms with van der Waals surface area (Å²) in [6, 6.07) is 17.5. The molecule has 0 aliphatic heterocycles. The number of methoxy groups -OCH3 is 1. The molecule has 108 valence electrons. The van der Waals surface area contributed by atoms with Crippen molar-refractivity contribution >= 4 is 17.5 Å². The van der Waals surface area contributed by atoms with Crippen molar-refractivity contribution in [2.75, 3.05) is 7.11 Å². The van der Waals surface area contributed by atoms with Crippen LogP contribution in [-0.4, -0.2) is 24.6 Å². The molecule has 0 aliphatic carbocycles. The molecule has 0 aliphatic rings. The first-order chi connectivity index (χ1) is 10.1. The highest BCUT2D eigenvalue weighted by Gasteiger charge is 2.15. The molecular weight excluding hydrogens is 268 g/mol. The first kappa shape index (κ1) is 16.3. The van der Waals surface area contributed by atoms with Gasteiger partial charge in [0, 0.05) is 11.1 Å². The second-order valence-electron chi connectivity index (χ2n) is 4.11. The highest BCUT2D eigenvalue weighted by Crippen LogP contribution is 2.00. The molecule has 0 saturated heterocycles. The summed E-state index contributed by atoms with van der Waals surface area (Å²) < 4.78 is 4.28. The molecule has 0 unspecified atom stereocenters. The second-order valence-corrected chi connectivity index (χ2v) is 4.11. The van der Waals surface area contributed by atoms with Gasteiger partial charge in [0.2, 0.25) is 0 Å². The predicted molar refractivity (Wildman–Crippen MR) is 79.2 cm³/mol. The smallest absolute Gasteiger partial charge is 0.379 e. The molecule has 21 heavy (non-hydrogen) atoms. The van der Waals surface area contributed by atoms with Crippen molar-refractivity contribution in [3.05, 3.63) is 71.8 Å². The van der Waals surface area contributed by atoms with Gasteiger partial charge in [-0.3, -0.25) is 9.59 Å². The van der Waals surface area contributed by atoms with Crippen LogP contribution in [0.15, 0.2) is 60.7 Å². The summed E-state index contributed by atoms with van der Waals surface area (Å²) in [7, 11) is 1.18. The highest BCUT2D eigenvalue weighted by molar-refractivity contribution is 6.40. The minimum absolute atomic E-state index is 0.121. The third kappa shape index (κ3) is 5.40. The zero-order chi connectivity index (χ0) is 15.7. The Morgan fingerprint density at radius 1 is 0.762 bits per heavy atom. The van der Waals surface area contributed by atoms with E-state index in [9.17, 15) is 14.4 Å².